The molecule has 0 N–H and O–H groups in total. The Morgan fingerprint density at radius 2 is 1.89 bits per heavy atom. The molecule has 0 aliphatic carbocycles. The third-order valence-electron chi connectivity index (χ3n) is 1.53. The van der Waals surface area contributed by atoms with Crippen molar-refractivity contribution in [2.24, 2.45) is 0 Å². The molecule has 0 atom stereocenters. The Kier molecular flexibility index (Phi) is 9.66. The van der Waals surface area contributed by atoms with Gasteiger partial charge in [-0.1, -0.05) is 0 Å². The van der Waals surface area contributed by atoms with E-state index in [-0.39, 0.29) is 46.9 Å². The van der Waals surface area contributed by atoms with E-state index in [2.05, 4.69) is 9.37 Å². The van der Waals surface area contributed by atoms with Crippen molar-refractivity contribution in [3.05, 3.63) is 24.3 Å². The van der Waals surface area contributed by atoms with Gasteiger partial charge in [0.1, 0.15) is 5.75 Å². The first-order valence-electron chi connectivity index (χ1n) is 4.29. The minimum absolute atomic E-state index is 0. The van der Waals surface area contributed by atoms with Gasteiger partial charge in [0, 0.05) is 10.8 Å². The molecule has 1 rings (SSSR count). The van der Waals surface area contributed by atoms with Gasteiger partial charge >= 0.3 is 39.7 Å². The molecule has 10 heteroatoms. The van der Waals surface area contributed by atoms with Crippen LogP contribution in [0.1, 0.15) is 0 Å². The second-order valence-corrected chi connectivity index (χ2v) is 5.57. The average molecular weight is 323 g/mol. The topological polar surface area (TPSA) is 84.9 Å². The van der Waals surface area contributed by atoms with E-state index in [1.54, 1.807) is 0 Å². The van der Waals surface area contributed by atoms with Crippen molar-refractivity contribution >= 4 is 33.8 Å². The van der Waals surface area contributed by atoms with Gasteiger partial charge in [-0.3, -0.25) is 5.04 Å². The summed E-state index contributed by atoms with van der Waals surface area (Å²) in [5.74, 6) is -0.147. The van der Waals surface area contributed by atoms with Gasteiger partial charge in [-0.2, -0.15) is 12.8 Å². The molecule has 0 radical (unpaired) electrons. The van der Waals surface area contributed by atoms with Crippen molar-refractivity contribution in [1.82, 2.24) is 0 Å². The summed E-state index contributed by atoms with van der Waals surface area (Å²) in [6, 6.07) is 5.86. The van der Waals surface area contributed by atoms with Crippen LogP contribution in [0.4, 0.5) is 0 Å². The summed E-state index contributed by atoms with van der Waals surface area (Å²) in [6.07, 6.45) is 0. The molecule has 0 saturated heterocycles. The summed E-state index contributed by atoms with van der Waals surface area (Å²) in [6.45, 7) is 0. The predicted molar refractivity (Wildman–Crippen MR) is 59.6 cm³/mol. The number of hydrogen-bond acceptors (Lipinski definition) is 7. The van der Waals surface area contributed by atoms with Gasteiger partial charge in [-0.15, -0.1) is 11.6 Å². The summed E-state index contributed by atoms with van der Waals surface area (Å²) < 4.78 is 31.3. The van der Waals surface area contributed by atoms with Crippen LogP contribution >= 0.6 is 23.6 Å². The van der Waals surface area contributed by atoms with Gasteiger partial charge in [0.2, 0.25) is 0 Å². The van der Waals surface area contributed by atoms with E-state index in [0.717, 1.165) is 0 Å². The quantitative estimate of drug-likeness (QED) is 0.141. The summed E-state index contributed by atoms with van der Waals surface area (Å²) >= 11 is 6.01. The maximum atomic E-state index is 11.3. The molecule has 1 aromatic carbocycles. The number of alkyl halides is 1. The molecule has 0 aliphatic heterocycles. The number of benzene rings is 1. The summed E-state index contributed by atoms with van der Waals surface area (Å²) in [7, 11) is -3.66. The molecule has 0 aromatic heterocycles. The van der Waals surface area contributed by atoms with Gasteiger partial charge in [0.25, 0.3) is 0 Å². The zero-order valence-electron chi connectivity index (χ0n) is 9.37. The summed E-state index contributed by atoms with van der Waals surface area (Å²) in [5, 5.41) is 12.7. The van der Waals surface area contributed by atoms with E-state index in [4.69, 9.17) is 15.8 Å². The molecule has 6 nitrogen and oxygen atoms in total. The first-order chi connectivity index (χ1) is 8.07. The first-order valence-corrected chi connectivity index (χ1v) is 7.14. The Morgan fingerprint density at radius 1 is 1.28 bits per heavy atom. The molecule has 0 bridgehead atoms. The molecular weight excluding hydrogens is 315 g/mol. The van der Waals surface area contributed by atoms with Gasteiger partial charge < -0.3 is 9.44 Å². The van der Waals surface area contributed by atoms with Crippen LogP contribution in [0.3, 0.4) is 0 Å². The smallest absolute Gasteiger partial charge is 0.691 e. The van der Waals surface area contributed by atoms with Crippen LogP contribution in [0, 0.1) is 0 Å². The zero-order chi connectivity index (χ0) is 12.7. The summed E-state index contributed by atoms with van der Waals surface area (Å²) in [4.78, 5) is 0.558. The Labute approximate surface area is 136 Å². The van der Waals surface area contributed by atoms with Crippen molar-refractivity contribution in [1.29, 1.82) is 0 Å². The Balaban J connectivity index is 0.00000289. The molecule has 0 unspecified atom stereocenters. The maximum Gasteiger partial charge on any atom is 1.00 e. The molecule has 0 amide bonds. The van der Waals surface area contributed by atoms with Crippen molar-refractivity contribution in [3.8, 4) is 5.75 Å². The minimum atomic E-state index is -3.66. The largest absolute Gasteiger partial charge is 1.00 e. The van der Waals surface area contributed by atoms with Crippen molar-refractivity contribution in [2.45, 2.75) is 4.90 Å². The number of rotatable bonds is 7. The zero-order valence-corrected chi connectivity index (χ0v) is 13.8. The van der Waals surface area contributed by atoms with E-state index in [1.807, 2.05) is 0 Å². The molecule has 0 fully saturated rings. The molecular formula is C8H8ClNaO6S2. The number of halogens is 1. The fraction of sp³-hybridized carbons (Fsp3) is 0.250. The van der Waals surface area contributed by atoms with Crippen LogP contribution in [-0.2, 0) is 19.5 Å². The third-order valence-corrected chi connectivity index (χ3v) is 3.68. The molecule has 0 spiro atoms. The second-order valence-electron chi connectivity index (χ2n) is 2.72. The van der Waals surface area contributed by atoms with E-state index >= 15 is 0 Å². The van der Waals surface area contributed by atoms with Gasteiger partial charge in [0.05, 0.1) is 17.8 Å². The minimum Gasteiger partial charge on any atom is -0.691 e. The van der Waals surface area contributed by atoms with Crippen molar-refractivity contribution in [3.63, 3.8) is 0 Å². The van der Waals surface area contributed by atoms with Gasteiger partial charge in [0.15, 0.2) is 0 Å². The Hall–Kier alpha value is 0.490. The second kappa shape index (κ2) is 9.40. The average Bonchev–Trinajstić information content (AvgIpc) is 2.27. The molecule has 18 heavy (non-hydrogen) atoms. The fourth-order valence-corrected chi connectivity index (χ4v) is 2.48. The summed E-state index contributed by atoms with van der Waals surface area (Å²) in [5.41, 5.74) is 0. The van der Waals surface area contributed by atoms with E-state index in [9.17, 15) is 13.7 Å². The van der Waals surface area contributed by atoms with Crippen LogP contribution in [-0.4, -0.2) is 20.1 Å². The Bertz CT molecular complexity index is 437. The van der Waals surface area contributed by atoms with Crippen LogP contribution < -0.4 is 39.0 Å². The van der Waals surface area contributed by atoms with Crippen LogP contribution in [0.25, 0.3) is 0 Å². The van der Waals surface area contributed by atoms with Gasteiger partial charge in [-0.05, 0) is 24.3 Å². The molecule has 0 aliphatic rings. The predicted octanol–water partition coefficient (Wildman–Crippen LogP) is -2.13. The van der Waals surface area contributed by atoms with E-state index in [1.165, 1.54) is 24.3 Å². The standard InChI is InChI=1S/C8H9ClO6S2.Na/c9-5-6-17(11,12)13-7-1-3-8(4-2-7)16-15-14-10;/h1-4,10H,5-6H2;/q;+1/p-1. The first kappa shape index (κ1) is 18.5. The fourth-order valence-electron chi connectivity index (χ4n) is 0.887. The van der Waals surface area contributed by atoms with Crippen LogP contribution in [0.15, 0.2) is 29.2 Å². The third kappa shape index (κ3) is 7.17. The normalized spacial score (nSPS) is 10.8. The molecule has 0 saturated carbocycles. The van der Waals surface area contributed by atoms with E-state index < -0.39 is 10.1 Å². The molecule has 96 valence electrons. The maximum absolute atomic E-state index is 11.3. The van der Waals surface area contributed by atoms with Crippen LogP contribution in [0.2, 0.25) is 0 Å². The van der Waals surface area contributed by atoms with Crippen molar-refractivity contribution < 1.29 is 56.8 Å². The monoisotopic (exact) mass is 322 g/mol. The van der Waals surface area contributed by atoms with Crippen molar-refractivity contribution in [2.75, 3.05) is 11.6 Å². The van der Waals surface area contributed by atoms with Crippen LogP contribution in [0.5, 0.6) is 5.75 Å². The molecule has 0 heterocycles. The van der Waals surface area contributed by atoms with E-state index in [0.29, 0.717) is 16.9 Å². The van der Waals surface area contributed by atoms with Gasteiger partial charge in [-0.25, -0.2) is 0 Å². The molecule has 1 aromatic rings. The Morgan fingerprint density at radius 3 is 2.39 bits per heavy atom. The SMILES string of the molecule is O=S(=O)(CCCl)Oc1ccc(SOO[O-])cc1.[Na+]. The number of hydrogen-bond donors (Lipinski definition) is 0.